The van der Waals surface area contributed by atoms with Crippen LogP contribution in [0.25, 0.3) is 0 Å². The van der Waals surface area contributed by atoms with Gasteiger partial charge in [0.25, 0.3) is 0 Å². The van der Waals surface area contributed by atoms with Gasteiger partial charge in [0.2, 0.25) is 0 Å². The normalized spacial score (nSPS) is 9.25. The summed E-state index contributed by atoms with van der Waals surface area (Å²) in [6.45, 7) is 0.330. The van der Waals surface area contributed by atoms with Gasteiger partial charge in [-0.3, -0.25) is 4.90 Å². The maximum Gasteiger partial charge on any atom is 0.451 e. The predicted octanol–water partition coefficient (Wildman–Crippen LogP) is 2.93. The topological polar surface area (TPSA) is 29.5 Å². The molecule has 0 aliphatic carbocycles. The van der Waals surface area contributed by atoms with Crippen LogP contribution in [0.15, 0.2) is 30.3 Å². The molecule has 0 fully saturated rings. The lowest BCUT2D eigenvalue weighted by Crippen LogP contribution is -2.30. The van der Waals surface area contributed by atoms with Crippen LogP contribution in [0, 0.1) is 12.3 Å². The predicted molar refractivity (Wildman–Crippen MR) is 59.4 cm³/mol. The Bertz CT molecular complexity index is 372. The number of para-hydroxylation sites is 1. The summed E-state index contributed by atoms with van der Waals surface area (Å²) in [6.07, 6.45) is 5.21. The van der Waals surface area contributed by atoms with E-state index in [1.807, 2.05) is 6.07 Å². The Balaban J connectivity index is 2.72. The molecule has 1 aromatic carbocycles. The molecule has 0 heterocycles. The highest BCUT2D eigenvalue weighted by Gasteiger charge is 2.16. The first-order chi connectivity index (χ1) is 7.79. The standard InChI is InChI=1S/C12H12FNO2/c1-2-3-7-10-14(12(15)16-13)11-8-5-4-6-9-11/h1,4-6,8-9H,3,7,10H2. The molecule has 0 N–H and O–H groups in total. The van der Waals surface area contributed by atoms with Gasteiger partial charge in [0, 0.05) is 23.2 Å². The maximum absolute atomic E-state index is 11.9. The smallest absolute Gasteiger partial charge is 0.275 e. The lowest BCUT2D eigenvalue weighted by Gasteiger charge is -2.18. The van der Waals surface area contributed by atoms with Gasteiger partial charge < -0.3 is 0 Å². The summed E-state index contributed by atoms with van der Waals surface area (Å²) in [5.74, 6) is 2.46. The van der Waals surface area contributed by atoms with Crippen LogP contribution < -0.4 is 4.90 Å². The molecule has 0 atom stereocenters. The average molecular weight is 221 g/mol. The number of hydrogen-bond acceptors (Lipinski definition) is 2. The van der Waals surface area contributed by atoms with Crippen LogP contribution in [-0.2, 0) is 4.94 Å². The van der Waals surface area contributed by atoms with E-state index in [4.69, 9.17) is 6.42 Å². The summed E-state index contributed by atoms with van der Waals surface area (Å²) in [5.41, 5.74) is 0.585. The fourth-order valence-electron chi connectivity index (χ4n) is 1.31. The van der Waals surface area contributed by atoms with E-state index in [0.717, 1.165) is 0 Å². The van der Waals surface area contributed by atoms with Crippen molar-refractivity contribution in [3.63, 3.8) is 0 Å². The van der Waals surface area contributed by atoms with Gasteiger partial charge in [0.15, 0.2) is 0 Å². The zero-order valence-corrected chi connectivity index (χ0v) is 8.73. The Morgan fingerprint density at radius 2 is 2.12 bits per heavy atom. The Hall–Kier alpha value is -2.02. The molecular formula is C12H12FNO2. The summed E-state index contributed by atoms with van der Waals surface area (Å²) in [6, 6.07) is 8.73. The van der Waals surface area contributed by atoms with E-state index in [2.05, 4.69) is 10.9 Å². The van der Waals surface area contributed by atoms with Crippen molar-refractivity contribution in [3.05, 3.63) is 30.3 Å². The second kappa shape index (κ2) is 6.46. The minimum Gasteiger partial charge on any atom is -0.275 e. The molecule has 16 heavy (non-hydrogen) atoms. The molecule has 84 valence electrons. The van der Waals surface area contributed by atoms with Gasteiger partial charge in [0.05, 0.1) is 0 Å². The van der Waals surface area contributed by atoms with Gasteiger partial charge >= 0.3 is 6.09 Å². The minimum atomic E-state index is -1.02. The van der Waals surface area contributed by atoms with Crippen molar-refractivity contribution in [2.24, 2.45) is 0 Å². The first-order valence-electron chi connectivity index (χ1n) is 4.88. The molecule has 1 aromatic rings. The fourth-order valence-corrected chi connectivity index (χ4v) is 1.31. The van der Waals surface area contributed by atoms with E-state index in [1.165, 1.54) is 4.90 Å². The van der Waals surface area contributed by atoms with Crippen LogP contribution in [0.5, 0.6) is 0 Å². The zero-order valence-electron chi connectivity index (χ0n) is 8.73. The highest BCUT2D eigenvalue weighted by molar-refractivity contribution is 5.87. The van der Waals surface area contributed by atoms with Crippen molar-refractivity contribution in [2.45, 2.75) is 12.8 Å². The number of nitrogens with zero attached hydrogens (tertiary/aromatic N) is 1. The van der Waals surface area contributed by atoms with Gasteiger partial charge in [-0.15, -0.1) is 12.3 Å². The van der Waals surface area contributed by atoms with E-state index < -0.39 is 6.09 Å². The first-order valence-corrected chi connectivity index (χ1v) is 4.88. The third-order valence-corrected chi connectivity index (χ3v) is 2.06. The maximum atomic E-state index is 11.9. The van der Waals surface area contributed by atoms with Gasteiger partial charge in [-0.1, -0.05) is 18.2 Å². The quantitative estimate of drug-likeness (QED) is 0.578. The van der Waals surface area contributed by atoms with Crippen molar-refractivity contribution in [2.75, 3.05) is 11.4 Å². The third-order valence-electron chi connectivity index (χ3n) is 2.06. The molecule has 0 spiro atoms. The van der Waals surface area contributed by atoms with Gasteiger partial charge in [-0.2, -0.15) is 0 Å². The van der Waals surface area contributed by atoms with E-state index in [9.17, 15) is 9.32 Å². The molecule has 4 heteroatoms. The summed E-state index contributed by atoms with van der Waals surface area (Å²) in [4.78, 5) is 15.6. The highest BCUT2D eigenvalue weighted by atomic mass is 19.3. The SMILES string of the molecule is C#CCCCN(C(=O)OF)c1ccccc1. The highest BCUT2D eigenvalue weighted by Crippen LogP contribution is 2.15. The zero-order chi connectivity index (χ0) is 11.8. The van der Waals surface area contributed by atoms with Gasteiger partial charge in [-0.05, 0) is 18.6 Å². The molecule has 0 saturated carbocycles. The van der Waals surface area contributed by atoms with Gasteiger partial charge in [-0.25, -0.2) is 9.74 Å². The van der Waals surface area contributed by atoms with E-state index in [-0.39, 0.29) is 0 Å². The second-order valence-electron chi connectivity index (χ2n) is 3.14. The monoisotopic (exact) mass is 221 g/mol. The Morgan fingerprint density at radius 3 is 2.69 bits per heavy atom. The number of unbranched alkanes of at least 4 members (excludes halogenated alkanes) is 1. The largest absolute Gasteiger partial charge is 0.451 e. The molecule has 0 saturated heterocycles. The van der Waals surface area contributed by atoms with Crippen LogP contribution in [0.1, 0.15) is 12.8 Å². The van der Waals surface area contributed by atoms with Crippen LogP contribution >= 0.6 is 0 Å². The Morgan fingerprint density at radius 1 is 1.44 bits per heavy atom. The van der Waals surface area contributed by atoms with E-state index >= 15 is 0 Å². The van der Waals surface area contributed by atoms with Crippen molar-refractivity contribution < 1.29 is 14.3 Å². The molecule has 3 nitrogen and oxygen atoms in total. The van der Waals surface area contributed by atoms with E-state index in [0.29, 0.717) is 25.1 Å². The number of carbonyl (C=O) groups is 1. The number of carbonyl (C=O) groups excluding carboxylic acids is 1. The molecule has 0 unspecified atom stereocenters. The van der Waals surface area contributed by atoms with E-state index in [1.54, 1.807) is 24.3 Å². The first kappa shape index (κ1) is 12.1. The number of hydrogen-bond donors (Lipinski definition) is 0. The Kier molecular flexibility index (Phi) is 4.87. The van der Waals surface area contributed by atoms with Gasteiger partial charge in [0.1, 0.15) is 0 Å². The molecular weight excluding hydrogens is 209 g/mol. The summed E-state index contributed by atoms with van der Waals surface area (Å²) >= 11 is 0. The molecule has 0 aliphatic rings. The summed E-state index contributed by atoms with van der Waals surface area (Å²) < 4.78 is 11.9. The lowest BCUT2D eigenvalue weighted by atomic mass is 10.2. The van der Waals surface area contributed by atoms with Crippen molar-refractivity contribution >= 4 is 11.8 Å². The number of anilines is 1. The van der Waals surface area contributed by atoms with Crippen LogP contribution in [0.2, 0.25) is 0 Å². The molecule has 0 radical (unpaired) electrons. The van der Waals surface area contributed by atoms with Crippen LogP contribution in [0.4, 0.5) is 15.0 Å². The summed E-state index contributed by atoms with van der Waals surface area (Å²) in [5, 5.41) is 0. The minimum absolute atomic E-state index is 0.330. The lowest BCUT2D eigenvalue weighted by molar-refractivity contribution is -0.0583. The number of benzene rings is 1. The Labute approximate surface area is 93.7 Å². The van der Waals surface area contributed by atoms with Crippen LogP contribution in [0.3, 0.4) is 0 Å². The number of terminal acetylenes is 1. The van der Waals surface area contributed by atoms with Crippen LogP contribution in [-0.4, -0.2) is 12.6 Å². The molecule has 0 aromatic heterocycles. The third kappa shape index (κ3) is 3.28. The number of amides is 1. The number of halogens is 1. The molecule has 1 amide bonds. The van der Waals surface area contributed by atoms with Crippen molar-refractivity contribution in [3.8, 4) is 12.3 Å². The number of rotatable bonds is 4. The van der Waals surface area contributed by atoms with Crippen molar-refractivity contribution in [1.82, 2.24) is 0 Å². The summed E-state index contributed by atoms with van der Waals surface area (Å²) in [7, 11) is 0. The average Bonchev–Trinajstić information content (AvgIpc) is 2.35. The molecule has 0 aliphatic heterocycles. The second-order valence-corrected chi connectivity index (χ2v) is 3.14. The molecule has 1 rings (SSSR count). The van der Waals surface area contributed by atoms with Crippen molar-refractivity contribution in [1.29, 1.82) is 0 Å². The molecule has 0 bridgehead atoms. The fraction of sp³-hybridized carbons (Fsp3) is 0.250.